The maximum absolute atomic E-state index is 11.4. The molecule has 0 aliphatic heterocycles. The smallest absolute Gasteiger partial charge is 0.222 e. The van der Waals surface area contributed by atoms with Gasteiger partial charge < -0.3 is 10.2 Å². The van der Waals surface area contributed by atoms with E-state index >= 15 is 0 Å². The van der Waals surface area contributed by atoms with Crippen molar-refractivity contribution in [3.8, 4) is 0 Å². The number of rotatable bonds is 6. The lowest BCUT2D eigenvalue weighted by Crippen LogP contribution is -2.35. The maximum atomic E-state index is 11.4. The van der Waals surface area contributed by atoms with E-state index in [4.69, 9.17) is 0 Å². The molecule has 94 valence electrons. The molecule has 1 N–H and O–H groups in total. The van der Waals surface area contributed by atoms with Gasteiger partial charge in [0.1, 0.15) is 0 Å². The lowest BCUT2D eigenvalue weighted by Gasteiger charge is -2.19. The van der Waals surface area contributed by atoms with E-state index in [1.165, 1.54) is 19.3 Å². The van der Waals surface area contributed by atoms with Crippen LogP contribution in [0.4, 0.5) is 0 Å². The first kappa shape index (κ1) is 13.8. The Bertz CT molecular complexity index is 221. The van der Waals surface area contributed by atoms with Crippen molar-refractivity contribution in [3.63, 3.8) is 0 Å². The van der Waals surface area contributed by atoms with Crippen LogP contribution < -0.4 is 5.32 Å². The van der Waals surface area contributed by atoms with Gasteiger partial charge in [0.25, 0.3) is 0 Å². The summed E-state index contributed by atoms with van der Waals surface area (Å²) in [7, 11) is 3.63. The summed E-state index contributed by atoms with van der Waals surface area (Å²) in [5.74, 6) is 0.231. The first-order valence-corrected chi connectivity index (χ1v) is 7.40. The molecule has 1 saturated carbocycles. The fourth-order valence-electron chi connectivity index (χ4n) is 2.19. The highest BCUT2D eigenvalue weighted by Gasteiger charge is 2.25. The predicted octanol–water partition coefficient (Wildman–Crippen LogP) is 1.73. The zero-order chi connectivity index (χ0) is 12.0. The van der Waals surface area contributed by atoms with E-state index in [1.807, 2.05) is 25.9 Å². The predicted molar refractivity (Wildman–Crippen MR) is 70.9 cm³/mol. The second kappa shape index (κ2) is 7.17. The monoisotopic (exact) mass is 244 g/mol. The number of carbonyl (C=O) groups is 1. The Morgan fingerprint density at radius 3 is 2.81 bits per heavy atom. The zero-order valence-corrected chi connectivity index (χ0v) is 11.5. The van der Waals surface area contributed by atoms with Crippen LogP contribution in [0.5, 0.6) is 0 Å². The van der Waals surface area contributed by atoms with E-state index < -0.39 is 0 Å². The van der Waals surface area contributed by atoms with E-state index in [2.05, 4.69) is 11.6 Å². The fraction of sp³-hybridized carbons (Fsp3) is 0.917. The average molecular weight is 244 g/mol. The second-order valence-corrected chi connectivity index (χ2v) is 5.73. The number of nitrogens with zero attached hydrogens (tertiary/aromatic N) is 1. The van der Waals surface area contributed by atoms with Gasteiger partial charge in [0.05, 0.1) is 0 Å². The molecule has 3 nitrogen and oxygen atoms in total. The van der Waals surface area contributed by atoms with E-state index in [9.17, 15) is 4.79 Å². The fourth-order valence-corrected chi connectivity index (χ4v) is 3.16. The standard InChI is InChI=1S/C12H24N2OS/c1-14(2)12(15)8-5-9-13-10-6-4-7-11(10)16-3/h10-11,13H,4-9H2,1-3H3. The van der Waals surface area contributed by atoms with Gasteiger partial charge in [-0.25, -0.2) is 0 Å². The van der Waals surface area contributed by atoms with Gasteiger partial charge in [0, 0.05) is 31.8 Å². The summed E-state index contributed by atoms with van der Waals surface area (Å²) in [6.07, 6.45) is 7.80. The highest BCUT2D eigenvalue weighted by Crippen LogP contribution is 2.28. The molecule has 4 heteroatoms. The number of nitrogens with one attached hydrogen (secondary N) is 1. The number of carbonyl (C=O) groups excluding carboxylic acids is 1. The third-order valence-corrected chi connectivity index (χ3v) is 4.40. The highest BCUT2D eigenvalue weighted by molar-refractivity contribution is 7.99. The van der Waals surface area contributed by atoms with E-state index in [1.54, 1.807) is 4.90 Å². The van der Waals surface area contributed by atoms with Gasteiger partial charge in [-0.2, -0.15) is 11.8 Å². The minimum atomic E-state index is 0.231. The van der Waals surface area contributed by atoms with Crippen LogP contribution in [0.1, 0.15) is 32.1 Å². The Hall–Kier alpha value is -0.220. The number of hydrogen-bond donors (Lipinski definition) is 1. The average Bonchev–Trinajstić information content (AvgIpc) is 2.71. The molecule has 2 atom stereocenters. The summed E-state index contributed by atoms with van der Waals surface area (Å²) in [6.45, 7) is 0.974. The van der Waals surface area contributed by atoms with Crippen molar-refractivity contribution < 1.29 is 4.79 Å². The third-order valence-electron chi connectivity index (χ3n) is 3.23. The summed E-state index contributed by atoms with van der Waals surface area (Å²) in [5, 5.41) is 4.37. The lowest BCUT2D eigenvalue weighted by molar-refractivity contribution is -0.128. The van der Waals surface area contributed by atoms with Crippen LogP contribution in [0.3, 0.4) is 0 Å². The maximum Gasteiger partial charge on any atom is 0.222 e. The van der Waals surface area contributed by atoms with Crippen LogP contribution in [0.15, 0.2) is 0 Å². The number of amides is 1. The molecule has 0 spiro atoms. The van der Waals surface area contributed by atoms with E-state index in [-0.39, 0.29) is 5.91 Å². The van der Waals surface area contributed by atoms with Gasteiger partial charge in [-0.1, -0.05) is 6.42 Å². The molecule has 0 aromatic rings. The van der Waals surface area contributed by atoms with Gasteiger partial charge >= 0.3 is 0 Å². The molecule has 1 amide bonds. The van der Waals surface area contributed by atoms with Gasteiger partial charge in [0.15, 0.2) is 0 Å². The van der Waals surface area contributed by atoms with Crippen molar-refractivity contribution in [2.75, 3.05) is 26.9 Å². The summed E-state index contributed by atoms with van der Waals surface area (Å²) in [5.41, 5.74) is 0. The molecule has 2 unspecified atom stereocenters. The summed E-state index contributed by atoms with van der Waals surface area (Å²) in [6, 6.07) is 0.671. The largest absolute Gasteiger partial charge is 0.349 e. The first-order valence-electron chi connectivity index (χ1n) is 6.11. The van der Waals surface area contributed by atoms with Crippen LogP contribution in [-0.4, -0.2) is 49.0 Å². The molecule has 0 aromatic heterocycles. The molecule has 0 saturated heterocycles. The molecule has 16 heavy (non-hydrogen) atoms. The normalized spacial score (nSPS) is 24.7. The molecular formula is C12H24N2OS. The van der Waals surface area contributed by atoms with Crippen molar-refractivity contribution in [1.82, 2.24) is 10.2 Å². The molecule has 0 bridgehead atoms. The van der Waals surface area contributed by atoms with Gasteiger partial charge in [0.2, 0.25) is 5.91 Å². The zero-order valence-electron chi connectivity index (χ0n) is 10.7. The van der Waals surface area contributed by atoms with Gasteiger partial charge in [-0.15, -0.1) is 0 Å². The molecule has 1 rings (SSSR count). The molecule has 0 radical (unpaired) electrons. The summed E-state index contributed by atoms with van der Waals surface area (Å²) >= 11 is 1.97. The Labute approximate surface area is 103 Å². The van der Waals surface area contributed by atoms with Crippen molar-refractivity contribution >= 4 is 17.7 Å². The minimum Gasteiger partial charge on any atom is -0.349 e. The number of hydrogen-bond acceptors (Lipinski definition) is 3. The van der Waals surface area contributed by atoms with Gasteiger partial charge in [-0.3, -0.25) is 4.79 Å². The minimum absolute atomic E-state index is 0.231. The molecule has 0 heterocycles. The molecular weight excluding hydrogens is 220 g/mol. The van der Waals surface area contributed by atoms with Crippen molar-refractivity contribution in [1.29, 1.82) is 0 Å². The SMILES string of the molecule is CSC1CCCC1NCCCC(=O)N(C)C. The van der Waals surface area contributed by atoms with Crippen molar-refractivity contribution in [2.45, 2.75) is 43.4 Å². The quantitative estimate of drug-likeness (QED) is 0.722. The van der Waals surface area contributed by atoms with Crippen LogP contribution in [0.25, 0.3) is 0 Å². The van der Waals surface area contributed by atoms with Crippen molar-refractivity contribution in [3.05, 3.63) is 0 Å². The summed E-state index contributed by atoms with van der Waals surface area (Å²) in [4.78, 5) is 13.0. The van der Waals surface area contributed by atoms with Crippen molar-refractivity contribution in [2.24, 2.45) is 0 Å². The Morgan fingerprint density at radius 2 is 2.19 bits per heavy atom. The van der Waals surface area contributed by atoms with Crippen LogP contribution >= 0.6 is 11.8 Å². The third kappa shape index (κ3) is 4.34. The van der Waals surface area contributed by atoms with Crippen LogP contribution in [-0.2, 0) is 4.79 Å². The number of thioether (sulfide) groups is 1. The lowest BCUT2D eigenvalue weighted by atomic mass is 10.2. The molecule has 0 aromatic carbocycles. The molecule has 1 aliphatic rings. The Morgan fingerprint density at radius 1 is 1.44 bits per heavy atom. The van der Waals surface area contributed by atoms with E-state index in [0.717, 1.165) is 18.2 Å². The Kier molecular flexibility index (Phi) is 6.21. The van der Waals surface area contributed by atoms with E-state index in [0.29, 0.717) is 12.5 Å². The first-order chi connectivity index (χ1) is 7.65. The highest BCUT2D eigenvalue weighted by atomic mass is 32.2. The van der Waals surface area contributed by atoms with Crippen LogP contribution in [0.2, 0.25) is 0 Å². The van der Waals surface area contributed by atoms with Gasteiger partial charge in [-0.05, 0) is 32.1 Å². The second-order valence-electron chi connectivity index (χ2n) is 4.66. The topological polar surface area (TPSA) is 32.3 Å². The van der Waals surface area contributed by atoms with Crippen LogP contribution in [0, 0.1) is 0 Å². The summed E-state index contributed by atoms with van der Waals surface area (Å²) < 4.78 is 0. The molecule has 1 aliphatic carbocycles. The Balaban J connectivity index is 2.09. The molecule has 1 fully saturated rings.